The summed E-state index contributed by atoms with van der Waals surface area (Å²) in [5.74, 6) is -0.390. The number of ether oxygens (including phenoxy) is 2. The van der Waals surface area contributed by atoms with Gasteiger partial charge < -0.3 is 25.2 Å². The number of methoxy groups -OCH3 is 1. The van der Waals surface area contributed by atoms with Crippen molar-refractivity contribution in [1.29, 1.82) is 0 Å². The Labute approximate surface area is 230 Å². The molecule has 3 aromatic carbocycles. The molecule has 7 heteroatoms. The lowest BCUT2D eigenvalue weighted by Gasteiger charge is -2.43. The molecule has 0 radical (unpaired) electrons. The molecule has 1 aliphatic heterocycles. The van der Waals surface area contributed by atoms with E-state index in [2.05, 4.69) is 0 Å². The lowest BCUT2D eigenvalue weighted by Crippen LogP contribution is -2.48. The van der Waals surface area contributed by atoms with Gasteiger partial charge in [0, 0.05) is 50.4 Å². The summed E-state index contributed by atoms with van der Waals surface area (Å²) in [6.07, 6.45) is 3.26. The third kappa shape index (κ3) is 6.85. The number of para-hydroxylation sites is 1. The van der Waals surface area contributed by atoms with Crippen molar-refractivity contribution in [2.45, 2.75) is 51.2 Å². The van der Waals surface area contributed by atoms with Gasteiger partial charge in [-0.2, -0.15) is 0 Å². The molecule has 0 bridgehead atoms. The Hall–Kier alpha value is -3.26. The van der Waals surface area contributed by atoms with Crippen LogP contribution in [0.25, 0.3) is 0 Å². The second-order valence-corrected chi connectivity index (χ2v) is 10.4. The highest BCUT2D eigenvalue weighted by Gasteiger charge is 2.43. The number of benzene rings is 3. The highest BCUT2D eigenvalue weighted by molar-refractivity contribution is 5.94. The van der Waals surface area contributed by atoms with Crippen LogP contribution in [0.3, 0.4) is 0 Å². The molecule has 0 saturated carbocycles. The first-order valence-corrected chi connectivity index (χ1v) is 13.7. The largest absolute Gasteiger partial charge is 0.454 e. The molecule has 2 atom stereocenters. The molecule has 208 valence electrons. The zero-order valence-corrected chi connectivity index (χ0v) is 22.9. The number of halogens is 1. The van der Waals surface area contributed by atoms with Crippen molar-refractivity contribution in [3.63, 3.8) is 0 Å². The van der Waals surface area contributed by atoms with Crippen LogP contribution < -0.4 is 10.5 Å². The monoisotopic (exact) mass is 534 g/mol. The summed E-state index contributed by atoms with van der Waals surface area (Å²) in [5, 5.41) is 12.4. The molecule has 1 heterocycles. The molecule has 6 nitrogen and oxygen atoms in total. The van der Waals surface area contributed by atoms with E-state index >= 15 is 4.39 Å². The third-order valence-electron chi connectivity index (χ3n) is 7.62. The maximum atomic E-state index is 15.3. The minimum Gasteiger partial charge on any atom is -0.454 e. The Kier molecular flexibility index (Phi) is 9.73. The Balaban J connectivity index is 1.66. The molecule has 4 rings (SSSR count). The molecule has 1 saturated heterocycles. The van der Waals surface area contributed by atoms with E-state index in [4.69, 9.17) is 15.2 Å². The number of carbonyl (C=O) groups excluding carboxylic acids is 1. The van der Waals surface area contributed by atoms with Gasteiger partial charge in [0.25, 0.3) is 5.91 Å². The van der Waals surface area contributed by atoms with Gasteiger partial charge in [-0.1, -0.05) is 36.4 Å². The quantitative estimate of drug-likeness (QED) is 0.297. The standard InChI is InChI=1S/C32H39FN2O4/c1-23-8-5-10-27(20-23)39-30-28(11-6-12-29(30)33)32(37,17-3-4-19-38-2)26-9-7-18-35(22-26)31(36)25-15-13-24(21-34)14-16-25/h5-6,8,10-16,20,26,37H,3-4,7,9,17-19,21-22,34H2,1-2H3/t26-,32+/m1/s1. The number of piperidine rings is 1. The fourth-order valence-corrected chi connectivity index (χ4v) is 5.47. The lowest BCUT2D eigenvalue weighted by molar-refractivity contribution is -0.0592. The maximum absolute atomic E-state index is 15.3. The summed E-state index contributed by atoms with van der Waals surface area (Å²) < 4.78 is 26.7. The molecular weight excluding hydrogens is 495 g/mol. The van der Waals surface area contributed by atoms with Crippen LogP contribution in [0.2, 0.25) is 0 Å². The maximum Gasteiger partial charge on any atom is 0.253 e. The van der Waals surface area contributed by atoms with E-state index < -0.39 is 11.4 Å². The molecule has 0 aliphatic carbocycles. The molecule has 3 N–H and O–H groups in total. The Morgan fingerprint density at radius 1 is 1.13 bits per heavy atom. The van der Waals surface area contributed by atoms with Gasteiger partial charge in [0.15, 0.2) is 11.6 Å². The Morgan fingerprint density at radius 2 is 1.90 bits per heavy atom. The third-order valence-corrected chi connectivity index (χ3v) is 7.62. The van der Waals surface area contributed by atoms with Crippen LogP contribution in [0, 0.1) is 18.7 Å². The summed E-state index contributed by atoms with van der Waals surface area (Å²) in [6, 6.07) is 19.4. The second kappa shape index (κ2) is 13.2. The van der Waals surface area contributed by atoms with Crippen molar-refractivity contribution in [1.82, 2.24) is 4.90 Å². The van der Waals surface area contributed by atoms with Crippen molar-refractivity contribution < 1.29 is 23.8 Å². The normalized spacial score (nSPS) is 17.1. The summed E-state index contributed by atoms with van der Waals surface area (Å²) in [5.41, 5.74) is 7.25. The lowest BCUT2D eigenvalue weighted by atomic mass is 9.73. The Morgan fingerprint density at radius 3 is 2.62 bits per heavy atom. The predicted octanol–water partition coefficient (Wildman–Crippen LogP) is 5.94. The fraction of sp³-hybridized carbons (Fsp3) is 0.406. The van der Waals surface area contributed by atoms with Gasteiger partial charge in [0.05, 0.1) is 5.60 Å². The highest BCUT2D eigenvalue weighted by atomic mass is 19.1. The minimum atomic E-state index is -1.41. The number of rotatable bonds is 11. The van der Waals surface area contributed by atoms with Gasteiger partial charge in [0.2, 0.25) is 0 Å². The van der Waals surface area contributed by atoms with E-state index in [-0.39, 0.29) is 17.6 Å². The second-order valence-electron chi connectivity index (χ2n) is 10.4. The van der Waals surface area contributed by atoms with E-state index in [1.807, 2.05) is 37.3 Å². The first kappa shape index (κ1) is 28.7. The minimum absolute atomic E-state index is 0.0261. The van der Waals surface area contributed by atoms with E-state index in [1.165, 1.54) is 6.07 Å². The van der Waals surface area contributed by atoms with Crippen LogP contribution in [0.1, 0.15) is 59.2 Å². The van der Waals surface area contributed by atoms with Gasteiger partial charge >= 0.3 is 0 Å². The summed E-state index contributed by atoms with van der Waals surface area (Å²) in [6.45, 7) is 3.89. The summed E-state index contributed by atoms with van der Waals surface area (Å²) in [4.78, 5) is 15.2. The molecule has 3 aromatic rings. The molecule has 0 aromatic heterocycles. The molecule has 1 fully saturated rings. The smallest absolute Gasteiger partial charge is 0.253 e. The van der Waals surface area contributed by atoms with Crippen LogP contribution in [0.4, 0.5) is 4.39 Å². The summed E-state index contributed by atoms with van der Waals surface area (Å²) in [7, 11) is 1.65. The van der Waals surface area contributed by atoms with E-state index in [1.54, 1.807) is 42.3 Å². The number of aryl methyl sites for hydroxylation is 1. The topological polar surface area (TPSA) is 85.0 Å². The number of hydrogen-bond donors (Lipinski definition) is 2. The molecule has 39 heavy (non-hydrogen) atoms. The number of carbonyl (C=O) groups is 1. The molecule has 1 amide bonds. The number of aliphatic hydroxyl groups is 1. The molecular formula is C32H39FN2O4. The van der Waals surface area contributed by atoms with Gasteiger partial charge in [0.1, 0.15) is 5.75 Å². The molecule has 0 unspecified atom stereocenters. The van der Waals surface area contributed by atoms with Gasteiger partial charge in [-0.05, 0) is 80.5 Å². The average molecular weight is 535 g/mol. The first-order valence-electron chi connectivity index (χ1n) is 13.7. The van der Waals surface area contributed by atoms with Crippen molar-refractivity contribution >= 4 is 5.91 Å². The van der Waals surface area contributed by atoms with Crippen molar-refractivity contribution in [3.05, 3.63) is 94.8 Å². The van der Waals surface area contributed by atoms with Crippen LogP contribution >= 0.6 is 0 Å². The van der Waals surface area contributed by atoms with Gasteiger partial charge in [-0.25, -0.2) is 4.39 Å². The predicted molar refractivity (Wildman–Crippen MR) is 150 cm³/mol. The van der Waals surface area contributed by atoms with Crippen molar-refractivity contribution in [3.8, 4) is 11.5 Å². The van der Waals surface area contributed by atoms with E-state index in [0.29, 0.717) is 62.4 Å². The number of hydrogen-bond acceptors (Lipinski definition) is 5. The SMILES string of the molecule is COCCCC[C@@](O)(c1cccc(F)c1Oc1cccc(C)c1)[C@@H]1CCCN(C(=O)c2ccc(CN)cc2)C1. The van der Waals surface area contributed by atoms with Crippen LogP contribution in [-0.4, -0.2) is 42.7 Å². The van der Waals surface area contributed by atoms with Crippen LogP contribution in [0.5, 0.6) is 11.5 Å². The van der Waals surface area contributed by atoms with Crippen LogP contribution in [-0.2, 0) is 16.9 Å². The zero-order valence-electron chi connectivity index (χ0n) is 22.9. The van der Waals surface area contributed by atoms with Gasteiger partial charge in [-0.15, -0.1) is 0 Å². The van der Waals surface area contributed by atoms with Crippen LogP contribution in [0.15, 0.2) is 66.7 Å². The van der Waals surface area contributed by atoms with E-state index in [0.717, 1.165) is 24.0 Å². The molecule has 1 aliphatic rings. The number of nitrogens with zero attached hydrogens (tertiary/aromatic N) is 1. The van der Waals surface area contributed by atoms with E-state index in [9.17, 15) is 9.90 Å². The number of amides is 1. The summed E-state index contributed by atoms with van der Waals surface area (Å²) >= 11 is 0. The van der Waals surface area contributed by atoms with Crippen molar-refractivity contribution in [2.75, 3.05) is 26.8 Å². The molecule has 0 spiro atoms. The number of likely N-dealkylation sites (tertiary alicyclic amines) is 1. The Bertz CT molecular complexity index is 1250. The highest BCUT2D eigenvalue weighted by Crippen LogP contribution is 2.45. The van der Waals surface area contributed by atoms with Crippen molar-refractivity contribution in [2.24, 2.45) is 11.7 Å². The fourth-order valence-electron chi connectivity index (χ4n) is 5.47. The van der Waals surface area contributed by atoms with Gasteiger partial charge in [-0.3, -0.25) is 4.79 Å². The average Bonchev–Trinajstić information content (AvgIpc) is 2.96. The number of unbranched alkanes of at least 4 members (excludes halogenated alkanes) is 1. The first-order chi connectivity index (χ1) is 18.9. The zero-order chi connectivity index (χ0) is 27.8. The number of nitrogens with two attached hydrogens (primary N) is 1.